The minimum Gasteiger partial charge on any atom is -0.205 e. The van der Waals surface area contributed by atoms with Crippen LogP contribution in [0.5, 0.6) is 0 Å². The van der Waals surface area contributed by atoms with Crippen LogP contribution < -0.4 is 0 Å². The highest BCUT2D eigenvalue weighted by Crippen LogP contribution is 2.35. The molecule has 1 aromatic carbocycles. The maximum absolute atomic E-state index is 12.4. The second kappa shape index (κ2) is 3.83. The van der Waals surface area contributed by atoms with E-state index in [1.54, 1.807) is 19.1 Å². The molecule has 0 heterocycles. The Hall–Kier alpha value is 0.0400. The number of rotatable bonds is 1. The summed E-state index contributed by atoms with van der Waals surface area (Å²) in [6, 6.07) is 3.40. The summed E-state index contributed by atoms with van der Waals surface area (Å²) in [6.07, 6.45) is -2.45. The maximum Gasteiger partial charge on any atom is 0.266 e. The van der Waals surface area contributed by atoms with Gasteiger partial charge in [-0.1, -0.05) is 22.0 Å². The molecule has 0 aliphatic rings. The van der Waals surface area contributed by atoms with Gasteiger partial charge in [-0.2, -0.15) is 0 Å². The fraction of sp³-hybridized carbons (Fsp3) is 0.250. The minimum atomic E-state index is -2.45. The summed E-state index contributed by atoms with van der Waals surface area (Å²) in [5.41, 5.74) is 0.837. The lowest BCUT2D eigenvalue weighted by Gasteiger charge is -2.07. The first kappa shape index (κ1) is 10.1. The minimum absolute atomic E-state index is 0.0231. The van der Waals surface area contributed by atoms with Crippen LogP contribution in [0.25, 0.3) is 0 Å². The Labute approximate surface area is 86.2 Å². The first-order chi connectivity index (χ1) is 5.54. The number of aryl methyl sites for hydroxylation is 1. The molecular formula is C8H6Br2F2. The molecule has 1 aromatic rings. The molecule has 0 unspecified atom stereocenters. The van der Waals surface area contributed by atoms with Gasteiger partial charge in [-0.3, -0.25) is 0 Å². The average molecular weight is 300 g/mol. The molecule has 0 spiro atoms. The van der Waals surface area contributed by atoms with Crippen LogP contribution in [0.3, 0.4) is 0 Å². The van der Waals surface area contributed by atoms with Gasteiger partial charge in [0.05, 0.1) is 0 Å². The molecule has 66 valence electrons. The van der Waals surface area contributed by atoms with Crippen molar-refractivity contribution in [1.82, 2.24) is 0 Å². The Kier molecular flexibility index (Phi) is 3.23. The van der Waals surface area contributed by atoms with Crippen LogP contribution in [0.2, 0.25) is 0 Å². The van der Waals surface area contributed by atoms with Crippen LogP contribution in [0.1, 0.15) is 17.6 Å². The molecule has 0 radical (unpaired) electrons. The van der Waals surface area contributed by atoms with Crippen molar-refractivity contribution in [2.75, 3.05) is 0 Å². The summed E-state index contributed by atoms with van der Waals surface area (Å²) in [4.78, 5) is 0. The van der Waals surface area contributed by atoms with E-state index in [0.717, 1.165) is 5.56 Å². The Bertz CT molecular complexity index is 297. The molecule has 1 rings (SSSR count). The van der Waals surface area contributed by atoms with E-state index in [-0.39, 0.29) is 5.56 Å². The number of hydrogen-bond acceptors (Lipinski definition) is 0. The number of alkyl halides is 2. The molecule has 0 fully saturated rings. The number of hydrogen-bond donors (Lipinski definition) is 0. The fourth-order valence-corrected chi connectivity index (χ4v) is 2.17. The SMILES string of the molecule is Cc1ccc(Br)c(C(F)F)c1Br. The molecule has 0 aromatic heterocycles. The first-order valence-corrected chi connectivity index (χ1v) is 4.85. The molecule has 0 saturated heterocycles. The van der Waals surface area contributed by atoms with Crippen molar-refractivity contribution in [1.29, 1.82) is 0 Å². The molecule has 0 N–H and O–H groups in total. The molecular weight excluding hydrogens is 294 g/mol. The van der Waals surface area contributed by atoms with E-state index in [1.807, 2.05) is 0 Å². The predicted molar refractivity (Wildman–Crippen MR) is 51.5 cm³/mol. The molecule has 0 nitrogen and oxygen atoms in total. The predicted octanol–water partition coefficient (Wildman–Crippen LogP) is 4.46. The van der Waals surface area contributed by atoms with E-state index in [0.29, 0.717) is 8.95 Å². The van der Waals surface area contributed by atoms with Crippen molar-refractivity contribution in [3.8, 4) is 0 Å². The van der Waals surface area contributed by atoms with Gasteiger partial charge in [0.1, 0.15) is 0 Å². The summed E-state index contributed by atoms with van der Waals surface area (Å²) >= 11 is 6.19. The summed E-state index contributed by atoms with van der Waals surface area (Å²) in [5.74, 6) is 0. The zero-order chi connectivity index (χ0) is 9.30. The molecule has 0 amide bonds. The molecule has 0 bridgehead atoms. The van der Waals surface area contributed by atoms with Gasteiger partial charge in [0.15, 0.2) is 0 Å². The first-order valence-electron chi connectivity index (χ1n) is 3.26. The van der Waals surface area contributed by atoms with Gasteiger partial charge >= 0.3 is 0 Å². The second-order valence-electron chi connectivity index (χ2n) is 2.39. The summed E-state index contributed by atoms with van der Waals surface area (Å²) in [7, 11) is 0. The third-order valence-electron chi connectivity index (χ3n) is 1.54. The van der Waals surface area contributed by atoms with Gasteiger partial charge < -0.3 is 0 Å². The van der Waals surface area contributed by atoms with Crippen molar-refractivity contribution >= 4 is 31.9 Å². The Balaban J connectivity index is 3.33. The van der Waals surface area contributed by atoms with E-state index >= 15 is 0 Å². The quantitative estimate of drug-likeness (QED) is 0.718. The Morgan fingerprint density at radius 1 is 1.25 bits per heavy atom. The van der Waals surface area contributed by atoms with E-state index in [1.165, 1.54) is 0 Å². The lowest BCUT2D eigenvalue weighted by atomic mass is 10.1. The monoisotopic (exact) mass is 298 g/mol. The highest BCUT2D eigenvalue weighted by Gasteiger charge is 2.16. The van der Waals surface area contributed by atoms with Crippen molar-refractivity contribution in [3.63, 3.8) is 0 Å². The van der Waals surface area contributed by atoms with Crippen molar-refractivity contribution in [2.24, 2.45) is 0 Å². The number of benzene rings is 1. The van der Waals surface area contributed by atoms with Gasteiger partial charge in [-0.05, 0) is 34.5 Å². The normalized spacial score (nSPS) is 10.8. The van der Waals surface area contributed by atoms with Gasteiger partial charge in [0.2, 0.25) is 0 Å². The smallest absolute Gasteiger partial charge is 0.205 e. The lowest BCUT2D eigenvalue weighted by molar-refractivity contribution is 0.149. The third-order valence-corrected chi connectivity index (χ3v) is 3.28. The zero-order valence-electron chi connectivity index (χ0n) is 6.24. The van der Waals surface area contributed by atoms with E-state index in [9.17, 15) is 8.78 Å². The van der Waals surface area contributed by atoms with E-state index in [4.69, 9.17) is 0 Å². The average Bonchev–Trinajstić information content (AvgIpc) is 1.97. The van der Waals surface area contributed by atoms with Gasteiger partial charge in [0, 0.05) is 14.5 Å². The topological polar surface area (TPSA) is 0 Å². The highest BCUT2D eigenvalue weighted by molar-refractivity contribution is 9.11. The largest absolute Gasteiger partial charge is 0.266 e. The van der Waals surface area contributed by atoms with Crippen molar-refractivity contribution in [2.45, 2.75) is 13.3 Å². The molecule has 0 aliphatic heterocycles. The standard InChI is InChI=1S/C8H6Br2F2/c1-4-2-3-5(9)6(7(4)10)8(11)12/h2-3,8H,1H3. The van der Waals surface area contributed by atoms with Crippen LogP contribution in [-0.2, 0) is 0 Å². The third kappa shape index (κ3) is 1.85. The fourth-order valence-electron chi connectivity index (χ4n) is 0.878. The number of halogens is 4. The van der Waals surface area contributed by atoms with Gasteiger partial charge in [0.25, 0.3) is 6.43 Å². The van der Waals surface area contributed by atoms with E-state index < -0.39 is 6.43 Å². The second-order valence-corrected chi connectivity index (χ2v) is 4.04. The van der Waals surface area contributed by atoms with Crippen LogP contribution in [-0.4, -0.2) is 0 Å². The van der Waals surface area contributed by atoms with Crippen LogP contribution in [0.15, 0.2) is 21.1 Å². The van der Waals surface area contributed by atoms with Crippen molar-refractivity contribution in [3.05, 3.63) is 32.2 Å². The van der Waals surface area contributed by atoms with Gasteiger partial charge in [-0.25, -0.2) is 8.78 Å². The molecule has 12 heavy (non-hydrogen) atoms. The van der Waals surface area contributed by atoms with Crippen molar-refractivity contribution < 1.29 is 8.78 Å². The molecule has 0 aliphatic carbocycles. The highest BCUT2D eigenvalue weighted by atomic mass is 79.9. The summed E-state index contributed by atoms with van der Waals surface area (Å²) < 4.78 is 25.7. The Morgan fingerprint density at radius 2 is 1.83 bits per heavy atom. The van der Waals surface area contributed by atoms with Gasteiger partial charge in [-0.15, -0.1) is 0 Å². The lowest BCUT2D eigenvalue weighted by Crippen LogP contribution is -1.90. The summed E-state index contributed by atoms with van der Waals surface area (Å²) in [6.45, 7) is 1.78. The zero-order valence-corrected chi connectivity index (χ0v) is 9.42. The van der Waals surface area contributed by atoms with Crippen LogP contribution in [0.4, 0.5) is 8.78 Å². The summed E-state index contributed by atoms with van der Waals surface area (Å²) in [5, 5.41) is 0. The molecule has 4 heteroatoms. The Morgan fingerprint density at radius 3 is 2.25 bits per heavy atom. The molecule has 0 atom stereocenters. The van der Waals surface area contributed by atoms with Crippen LogP contribution >= 0.6 is 31.9 Å². The maximum atomic E-state index is 12.4. The molecule has 0 saturated carbocycles. The van der Waals surface area contributed by atoms with E-state index in [2.05, 4.69) is 31.9 Å². The van der Waals surface area contributed by atoms with Crippen LogP contribution in [0, 0.1) is 6.92 Å².